The molecule has 9 amide bonds. The Balaban J connectivity index is 0.953. The predicted octanol–water partition coefficient (Wildman–Crippen LogP) is -18.9. The lowest BCUT2D eigenvalue weighted by Gasteiger charge is -2.46. The maximum atomic E-state index is 14.5. The molecule has 7 aliphatic heterocycles. The molecular weight excluding hydrogens is 1940 g/mol. The number of carbonyl (C=O) groups excluding carboxylic acids is 9. The van der Waals surface area contributed by atoms with Crippen LogP contribution in [0.4, 0.5) is 0 Å². The van der Waals surface area contributed by atoms with Gasteiger partial charge in [-0.05, 0) is 79.1 Å². The second-order valence-electron chi connectivity index (χ2n) is 36.0. The number of ether oxygens (including phenoxy) is 14. The number of carboxylic acid groups (broad SMARTS) is 1. The van der Waals surface area contributed by atoms with Crippen LogP contribution in [-0.2, 0) is 114 Å². The van der Waals surface area contributed by atoms with Crippen molar-refractivity contribution in [3.63, 3.8) is 0 Å². The van der Waals surface area contributed by atoms with Crippen LogP contribution < -0.4 is 47.9 Å². The third-order valence-electron chi connectivity index (χ3n) is 24.6. The molecule has 0 aromatic rings. The van der Waals surface area contributed by atoms with Crippen LogP contribution in [0.2, 0.25) is 0 Å². The third-order valence-corrected chi connectivity index (χ3v) is 24.6. The minimum Gasteiger partial charge on any atom is -0.481 e. The van der Waals surface area contributed by atoms with E-state index in [-0.39, 0.29) is 111 Å². The van der Waals surface area contributed by atoms with Crippen molar-refractivity contribution in [1.29, 1.82) is 0 Å². The number of hydrogen-bond donors (Lipinski definition) is 32. The van der Waals surface area contributed by atoms with Crippen LogP contribution in [0.1, 0.15) is 91.9 Å². The van der Waals surface area contributed by atoms with Gasteiger partial charge in [0.1, 0.15) is 146 Å². The Bertz CT molecular complexity index is 3790. The summed E-state index contributed by atoms with van der Waals surface area (Å²) in [5.74, 6) is -7.56. The molecule has 32 N–H and O–H groups in total. The molecule has 0 saturated carbocycles. The molecule has 59 heteroatoms. The monoisotopic (exact) mass is 2090 g/mol. The molecule has 36 atom stereocenters. The molecule has 59 nitrogen and oxygen atoms in total. The molecule has 0 aromatic carbocycles. The van der Waals surface area contributed by atoms with E-state index in [4.69, 9.17) is 71.4 Å². The van der Waals surface area contributed by atoms with Crippen molar-refractivity contribution in [3.05, 3.63) is 0 Å². The topological polar surface area (TPSA) is 883 Å². The van der Waals surface area contributed by atoms with E-state index < -0.39 is 359 Å². The number of rotatable bonds is 62. The van der Waals surface area contributed by atoms with Gasteiger partial charge in [-0.25, -0.2) is 0 Å². The number of aliphatic carboxylic acids is 1. The number of aliphatic hydroxyl groups excluding tert-OH is 22. The van der Waals surface area contributed by atoms with Crippen LogP contribution in [-0.4, -0.2) is 576 Å². The van der Waals surface area contributed by atoms with Crippen molar-refractivity contribution >= 4 is 59.1 Å². The highest BCUT2D eigenvalue weighted by atomic mass is 16.8. The van der Waals surface area contributed by atoms with E-state index in [1.54, 1.807) is 0 Å². The Morgan fingerprint density at radius 1 is 0.271 bits per heavy atom. The molecule has 0 spiro atoms. The van der Waals surface area contributed by atoms with Crippen molar-refractivity contribution in [1.82, 2.24) is 62.6 Å². The van der Waals surface area contributed by atoms with Crippen molar-refractivity contribution in [2.24, 2.45) is 0 Å². The maximum Gasteiger partial charge on any atom is 0.303 e. The summed E-state index contributed by atoms with van der Waals surface area (Å²) in [5.41, 5.74) is 0. The molecule has 0 aliphatic carbocycles. The van der Waals surface area contributed by atoms with Crippen molar-refractivity contribution in [2.75, 3.05) is 164 Å². The van der Waals surface area contributed by atoms with Gasteiger partial charge in [-0.1, -0.05) is 6.42 Å². The molecule has 7 aliphatic rings. The molecular formula is C85H150N12O47. The molecule has 0 unspecified atom stereocenters. The highest BCUT2D eigenvalue weighted by Crippen LogP contribution is 2.33. The largest absolute Gasteiger partial charge is 0.481 e. The Labute approximate surface area is 827 Å². The lowest BCUT2D eigenvalue weighted by molar-refractivity contribution is -0.366. The summed E-state index contributed by atoms with van der Waals surface area (Å²) < 4.78 is 77.9. The number of carbonyl (C=O) groups is 10. The summed E-state index contributed by atoms with van der Waals surface area (Å²) in [4.78, 5) is 139. The average molecular weight is 2090 g/mol. The number of carboxylic acids is 1. The molecule has 832 valence electrons. The summed E-state index contributed by atoms with van der Waals surface area (Å²) >= 11 is 0. The summed E-state index contributed by atoms with van der Waals surface area (Å²) in [5, 5.41) is 262. The normalized spacial score (nSPS) is 34.3. The van der Waals surface area contributed by atoms with Crippen molar-refractivity contribution in [2.45, 2.75) is 313 Å². The van der Waals surface area contributed by atoms with Gasteiger partial charge >= 0.3 is 5.97 Å². The fraction of sp³-hybridized carbons (Fsp3) is 0.882. The first kappa shape index (κ1) is 124. The fourth-order valence-corrected chi connectivity index (χ4v) is 16.1. The second kappa shape index (κ2) is 63.3. The van der Waals surface area contributed by atoms with Gasteiger partial charge in [0.25, 0.3) is 0 Å². The number of amides is 9. The molecule has 0 radical (unpaired) electrons. The quantitative estimate of drug-likeness (QED) is 0.0251. The Morgan fingerprint density at radius 3 is 0.861 bits per heavy atom. The van der Waals surface area contributed by atoms with Crippen LogP contribution >= 0.6 is 0 Å². The molecule has 0 bridgehead atoms. The van der Waals surface area contributed by atoms with Crippen LogP contribution in [0.15, 0.2) is 0 Å². The molecule has 0 aromatic heterocycles. The highest BCUT2D eigenvalue weighted by molar-refractivity contribution is 5.87. The second-order valence-corrected chi connectivity index (χ2v) is 36.0. The van der Waals surface area contributed by atoms with E-state index in [1.807, 2.05) is 0 Å². The number of nitrogens with one attached hydrogen (secondary N) is 9. The zero-order valence-corrected chi connectivity index (χ0v) is 80.5. The SMILES string of the molecule is C[C@@H]1O[C@@H](OCCNC(=O)CN(CC(=O)NCCO[C@@H]2O[C@@H](C)[C@@H](O)[C@@H](O)[C@@H]2O)[C@@H](CCCCNC(=O)CN(CC(=O)NCCCCCNC(=O)CN(CC(=O)NCCCCCC(=O)O)CC(=O)NCCO[C@H]2O[C@H](CO[C@H]3O[C@H](CO)[C@@H](O)[C@H](O)[C@@H]3O)[C@@H](O)[C@H](O[C@H]3O[C@H](CO)[C@@H](O)[C@H](O)[C@@H]3O)[C@@H]2O)CC(=O)NCCO[C@H]2O[C@H](C)[C@H](O)[C@H](O)[C@H]2O)C(=O)NCCO[C@@H]2O[C@@H](C)[C@@H](O)[C@@H](O)[C@@H]2O)[C@@H](O)[C@H](O)[C@@H]1O. The minimum atomic E-state index is -2.04. The smallest absolute Gasteiger partial charge is 0.303 e. The summed E-state index contributed by atoms with van der Waals surface area (Å²) in [7, 11) is 0. The Morgan fingerprint density at radius 2 is 0.535 bits per heavy atom. The summed E-state index contributed by atoms with van der Waals surface area (Å²) in [6.07, 6.45) is -54.2. The van der Waals surface area contributed by atoms with E-state index in [0.29, 0.717) is 38.5 Å². The molecule has 7 heterocycles. The van der Waals surface area contributed by atoms with Crippen molar-refractivity contribution in [3.8, 4) is 0 Å². The number of unbranched alkanes of at least 4 members (excludes halogenated alkanes) is 5. The Hall–Kier alpha value is -6.86. The predicted molar refractivity (Wildman–Crippen MR) is 477 cm³/mol. The first-order chi connectivity index (χ1) is 68.4. The van der Waals surface area contributed by atoms with Crippen molar-refractivity contribution < 1.29 is 232 Å². The van der Waals surface area contributed by atoms with E-state index in [0.717, 1.165) is 0 Å². The van der Waals surface area contributed by atoms with Gasteiger partial charge in [0.15, 0.2) is 44.0 Å². The first-order valence-electron chi connectivity index (χ1n) is 47.9. The van der Waals surface area contributed by atoms with E-state index in [9.17, 15) is 160 Å². The zero-order valence-electron chi connectivity index (χ0n) is 80.5. The molecule has 7 fully saturated rings. The standard InChI is InChI=1S/C85H150N12O47/c1-40-57(110)64(117)70(123)79(137-40)131-24-19-90-52(104)33-96(32-51(103)89-18-12-8-13-44(78(130)94-23-28-134-82-73(126)67(120)60(113)43(4)140-82)97(35-54(106)92-21-25-132-80-71(124)65(118)58(111)41(2)138-80)36-55(107)93-22-26-133-81-72(125)66(119)59(112)42(3)139-81)31-50(102)88-17-11-6-10-16-87-49(101)30-95(29-48(100)86-15-9-5-7-14-56(108)109)34-53(105)91-20-27-135-84-76(129)77(144-85-75(128)69(122)62(115)46(38-99)142-85)63(116)47(143-84)39-136-83-74(127)68(121)61(114)45(37-98)141-83/h40-47,57-77,79-85,98-99,110-129H,5-39H2,1-4H3,(H,86,100)(H,87,101)(H,88,102)(H,89,103)(H,90,104)(H,91,105)(H,92,106)(H,93,107)(H,94,130)(H,108,109)/t40-,41+,42+,43+,44+,45-,46-,47-,57+,58-,59-,60-,61-,62-,63-,64+,65-,66-,67-,68+,69+,70-,71+,72+,73+,74+,75+,76+,77+,79+,80-,81-,82-,83+,84+,85-/m1/s1. The number of hydrogen-bond acceptors (Lipinski definition) is 49. The van der Waals surface area contributed by atoms with Crippen LogP contribution in [0, 0.1) is 0 Å². The van der Waals surface area contributed by atoms with Crippen LogP contribution in [0.25, 0.3) is 0 Å². The van der Waals surface area contributed by atoms with Gasteiger partial charge in [0, 0.05) is 65.3 Å². The fourth-order valence-electron chi connectivity index (χ4n) is 16.1. The number of aliphatic hydroxyl groups is 22. The van der Waals surface area contributed by atoms with E-state index in [2.05, 4.69) is 47.9 Å². The van der Waals surface area contributed by atoms with Crippen LogP contribution in [0.3, 0.4) is 0 Å². The minimum absolute atomic E-state index is 0.0290. The van der Waals surface area contributed by atoms with E-state index in [1.165, 1.54) is 42.4 Å². The zero-order chi connectivity index (χ0) is 106. The van der Waals surface area contributed by atoms with Gasteiger partial charge in [0.05, 0.1) is 136 Å². The van der Waals surface area contributed by atoms with Gasteiger partial charge < -0.3 is 232 Å². The maximum absolute atomic E-state index is 14.5. The summed E-state index contributed by atoms with van der Waals surface area (Å²) in [6, 6.07) is -1.39. The van der Waals surface area contributed by atoms with Gasteiger partial charge in [-0.3, -0.25) is 62.6 Å². The highest BCUT2D eigenvalue weighted by Gasteiger charge is 2.54. The van der Waals surface area contributed by atoms with Gasteiger partial charge in [-0.15, -0.1) is 0 Å². The molecule has 144 heavy (non-hydrogen) atoms. The van der Waals surface area contributed by atoms with Gasteiger partial charge in [-0.2, -0.15) is 0 Å². The van der Waals surface area contributed by atoms with Gasteiger partial charge in [0.2, 0.25) is 53.2 Å². The Kier molecular flexibility index (Phi) is 54.6. The molecule has 7 rings (SSSR count). The lowest BCUT2D eigenvalue weighted by Crippen LogP contribution is -2.65. The first-order valence-corrected chi connectivity index (χ1v) is 47.9. The van der Waals surface area contributed by atoms with E-state index >= 15 is 0 Å². The summed E-state index contributed by atoms with van der Waals surface area (Å²) in [6.45, 7) is -4.82. The third kappa shape index (κ3) is 39.5. The average Bonchev–Trinajstić information content (AvgIpc) is 0.778. The lowest BCUT2D eigenvalue weighted by atomic mass is 9.96. The van der Waals surface area contributed by atoms with Crippen LogP contribution in [0.5, 0.6) is 0 Å². The molecule has 7 saturated heterocycles. The number of nitrogens with zero attached hydrogens (tertiary/aromatic N) is 3.